The van der Waals surface area contributed by atoms with Crippen LogP contribution in [0.3, 0.4) is 0 Å². The summed E-state index contributed by atoms with van der Waals surface area (Å²) < 4.78 is 4.60. The molecule has 1 aromatic rings. The van der Waals surface area contributed by atoms with Crippen molar-refractivity contribution < 1.29 is 14.6 Å². The summed E-state index contributed by atoms with van der Waals surface area (Å²) in [5, 5.41) is 17.0. The fourth-order valence-electron chi connectivity index (χ4n) is 2.27. The molecule has 0 aromatic carbocycles. The lowest BCUT2D eigenvalue weighted by molar-refractivity contribution is 0.0592. The lowest BCUT2D eigenvalue weighted by Crippen LogP contribution is -2.32. The van der Waals surface area contributed by atoms with Crippen LogP contribution < -0.4 is 4.90 Å². The molecule has 0 saturated carbocycles. The number of hydrogen-bond donors (Lipinski definition) is 1. The standard InChI is InChI=1S/C13H20N4O3/c1-20-13(19)11-3-4-12(15-14-11)17-6-2-5-16(7-8-17)9-10-18/h3-4,18H,2,5-10H2,1H3. The molecule has 0 atom stereocenters. The average molecular weight is 280 g/mol. The van der Waals surface area contributed by atoms with Crippen LogP contribution >= 0.6 is 0 Å². The average Bonchev–Trinajstić information content (AvgIpc) is 2.73. The van der Waals surface area contributed by atoms with Crippen LogP contribution in [0.1, 0.15) is 16.9 Å². The lowest BCUT2D eigenvalue weighted by atomic mass is 10.3. The van der Waals surface area contributed by atoms with Crippen LogP contribution in [0.25, 0.3) is 0 Å². The number of hydrogen-bond acceptors (Lipinski definition) is 7. The highest BCUT2D eigenvalue weighted by molar-refractivity contribution is 5.86. The quantitative estimate of drug-likeness (QED) is 0.763. The number of esters is 1. The Bertz CT molecular complexity index is 438. The first-order valence-electron chi connectivity index (χ1n) is 6.75. The highest BCUT2D eigenvalue weighted by atomic mass is 16.5. The van der Waals surface area contributed by atoms with E-state index in [0.717, 1.165) is 38.4 Å². The minimum Gasteiger partial charge on any atom is -0.464 e. The van der Waals surface area contributed by atoms with Crippen molar-refractivity contribution in [2.24, 2.45) is 0 Å². The van der Waals surface area contributed by atoms with Gasteiger partial charge in [0.05, 0.1) is 13.7 Å². The van der Waals surface area contributed by atoms with E-state index in [-0.39, 0.29) is 12.3 Å². The van der Waals surface area contributed by atoms with Gasteiger partial charge in [-0.1, -0.05) is 0 Å². The van der Waals surface area contributed by atoms with Gasteiger partial charge in [-0.25, -0.2) is 4.79 Å². The number of aliphatic hydroxyl groups is 1. The summed E-state index contributed by atoms with van der Waals surface area (Å²) in [7, 11) is 1.32. The van der Waals surface area contributed by atoms with E-state index in [2.05, 4.69) is 24.7 Å². The first kappa shape index (κ1) is 14.7. The van der Waals surface area contributed by atoms with Crippen LogP contribution in [0.5, 0.6) is 0 Å². The van der Waals surface area contributed by atoms with Crippen LogP contribution in [-0.2, 0) is 4.74 Å². The van der Waals surface area contributed by atoms with Gasteiger partial charge in [-0.3, -0.25) is 4.90 Å². The molecular formula is C13H20N4O3. The number of carbonyl (C=O) groups is 1. The number of carbonyl (C=O) groups excluding carboxylic acids is 1. The summed E-state index contributed by atoms with van der Waals surface area (Å²) in [5.74, 6) is 0.289. The van der Waals surface area contributed by atoms with E-state index in [9.17, 15) is 4.79 Å². The van der Waals surface area contributed by atoms with Gasteiger partial charge in [-0.15, -0.1) is 10.2 Å². The molecule has 1 N–H and O–H groups in total. The SMILES string of the molecule is COC(=O)c1ccc(N2CCCN(CCO)CC2)nn1. The van der Waals surface area contributed by atoms with E-state index in [1.807, 2.05) is 0 Å². The van der Waals surface area contributed by atoms with Crippen molar-refractivity contribution in [3.8, 4) is 0 Å². The lowest BCUT2D eigenvalue weighted by Gasteiger charge is -2.21. The molecule has 1 saturated heterocycles. The van der Waals surface area contributed by atoms with Crippen molar-refractivity contribution in [3.63, 3.8) is 0 Å². The molecule has 7 heteroatoms. The van der Waals surface area contributed by atoms with Gasteiger partial charge >= 0.3 is 5.97 Å². The van der Waals surface area contributed by atoms with Crippen molar-refractivity contribution in [1.82, 2.24) is 15.1 Å². The van der Waals surface area contributed by atoms with Crippen LogP contribution in [0.2, 0.25) is 0 Å². The Labute approximate surface area is 118 Å². The van der Waals surface area contributed by atoms with Gasteiger partial charge in [-0.05, 0) is 25.1 Å². The number of nitrogens with zero attached hydrogens (tertiary/aromatic N) is 4. The van der Waals surface area contributed by atoms with Gasteiger partial charge in [0.25, 0.3) is 0 Å². The number of β-amino-alcohol motifs (C(OH)–C–C–N with tert-alkyl or cyclic N) is 1. The fraction of sp³-hybridized carbons (Fsp3) is 0.615. The molecular weight excluding hydrogens is 260 g/mol. The second kappa shape index (κ2) is 7.16. The van der Waals surface area contributed by atoms with Crippen molar-refractivity contribution in [2.45, 2.75) is 6.42 Å². The summed E-state index contributed by atoms with van der Waals surface area (Å²) in [5.41, 5.74) is 0.216. The third-order valence-corrected chi connectivity index (χ3v) is 3.37. The molecule has 0 aliphatic carbocycles. The third-order valence-electron chi connectivity index (χ3n) is 3.37. The third kappa shape index (κ3) is 3.64. The number of ether oxygens (including phenoxy) is 1. The summed E-state index contributed by atoms with van der Waals surface area (Å²) in [6.45, 7) is 4.50. The monoisotopic (exact) mass is 280 g/mol. The van der Waals surface area contributed by atoms with E-state index >= 15 is 0 Å². The molecule has 0 spiro atoms. The topological polar surface area (TPSA) is 78.8 Å². The van der Waals surface area contributed by atoms with Crippen LogP contribution in [0.4, 0.5) is 5.82 Å². The number of aliphatic hydroxyl groups excluding tert-OH is 1. The van der Waals surface area contributed by atoms with E-state index in [4.69, 9.17) is 5.11 Å². The Morgan fingerprint density at radius 1 is 1.30 bits per heavy atom. The Kier molecular flexibility index (Phi) is 5.25. The van der Waals surface area contributed by atoms with Gasteiger partial charge in [0.1, 0.15) is 0 Å². The number of rotatable bonds is 4. The minimum absolute atomic E-state index is 0.188. The second-order valence-electron chi connectivity index (χ2n) is 4.67. The van der Waals surface area contributed by atoms with E-state index < -0.39 is 5.97 Å². The summed E-state index contributed by atoms with van der Waals surface area (Å²) in [6, 6.07) is 3.42. The molecule has 2 rings (SSSR count). The molecule has 1 aliphatic rings. The summed E-state index contributed by atoms with van der Waals surface area (Å²) in [4.78, 5) is 15.7. The predicted octanol–water partition coefficient (Wildman–Crippen LogP) is -0.232. The van der Waals surface area contributed by atoms with Crippen LogP contribution in [0, 0.1) is 0 Å². The van der Waals surface area contributed by atoms with E-state index in [1.54, 1.807) is 12.1 Å². The molecule has 1 fully saturated rings. The zero-order chi connectivity index (χ0) is 14.4. The van der Waals surface area contributed by atoms with E-state index in [0.29, 0.717) is 6.54 Å². The number of aromatic nitrogens is 2. The molecule has 110 valence electrons. The van der Waals surface area contributed by atoms with Gasteiger partial charge in [-0.2, -0.15) is 0 Å². The van der Waals surface area contributed by atoms with Crippen molar-refractivity contribution in [1.29, 1.82) is 0 Å². The van der Waals surface area contributed by atoms with Gasteiger partial charge in [0.15, 0.2) is 11.5 Å². The highest BCUT2D eigenvalue weighted by Crippen LogP contribution is 2.13. The highest BCUT2D eigenvalue weighted by Gasteiger charge is 2.16. The largest absolute Gasteiger partial charge is 0.464 e. The molecule has 2 heterocycles. The molecule has 7 nitrogen and oxygen atoms in total. The maximum atomic E-state index is 11.3. The fourth-order valence-corrected chi connectivity index (χ4v) is 2.27. The zero-order valence-electron chi connectivity index (χ0n) is 11.7. The Morgan fingerprint density at radius 3 is 2.80 bits per heavy atom. The van der Waals surface area contributed by atoms with Gasteiger partial charge in [0, 0.05) is 26.2 Å². The van der Waals surface area contributed by atoms with Gasteiger partial charge < -0.3 is 14.7 Å². The minimum atomic E-state index is -0.478. The molecule has 0 amide bonds. The smallest absolute Gasteiger partial charge is 0.358 e. The molecule has 0 unspecified atom stereocenters. The van der Waals surface area contributed by atoms with Crippen molar-refractivity contribution in [2.75, 3.05) is 51.3 Å². The molecule has 20 heavy (non-hydrogen) atoms. The van der Waals surface area contributed by atoms with Crippen molar-refractivity contribution >= 4 is 11.8 Å². The first-order chi connectivity index (χ1) is 9.74. The molecule has 1 aliphatic heterocycles. The zero-order valence-corrected chi connectivity index (χ0v) is 11.7. The number of methoxy groups -OCH3 is 1. The summed E-state index contributed by atoms with van der Waals surface area (Å²) >= 11 is 0. The van der Waals surface area contributed by atoms with Crippen LogP contribution in [0.15, 0.2) is 12.1 Å². The van der Waals surface area contributed by atoms with Crippen LogP contribution in [-0.4, -0.2) is 72.6 Å². The maximum absolute atomic E-state index is 11.3. The molecule has 1 aromatic heterocycles. The van der Waals surface area contributed by atoms with E-state index in [1.165, 1.54) is 7.11 Å². The second-order valence-corrected chi connectivity index (χ2v) is 4.67. The summed E-state index contributed by atoms with van der Waals surface area (Å²) in [6.07, 6.45) is 1.01. The Morgan fingerprint density at radius 2 is 2.15 bits per heavy atom. The first-order valence-corrected chi connectivity index (χ1v) is 6.75. The Hall–Kier alpha value is -1.73. The Balaban J connectivity index is 1.99. The predicted molar refractivity (Wildman–Crippen MR) is 73.7 cm³/mol. The molecule has 0 bridgehead atoms. The molecule has 0 radical (unpaired) electrons. The van der Waals surface area contributed by atoms with Gasteiger partial charge in [0.2, 0.25) is 0 Å². The normalized spacial score (nSPS) is 16.8. The van der Waals surface area contributed by atoms with Crippen molar-refractivity contribution in [3.05, 3.63) is 17.8 Å². The maximum Gasteiger partial charge on any atom is 0.358 e. The number of anilines is 1.